The zero-order valence-corrected chi connectivity index (χ0v) is 16.1. The summed E-state index contributed by atoms with van der Waals surface area (Å²) in [5.41, 5.74) is 1.77. The number of hydrogen-bond donors (Lipinski definition) is 1. The van der Waals surface area contributed by atoms with E-state index in [1.165, 1.54) is 0 Å². The SMILES string of the molecule is CN(C)C(=O)Cc1ccccc1NC(=O)N1CCCC1CC(C)(C)C. The highest BCUT2D eigenvalue weighted by Gasteiger charge is 2.32. The van der Waals surface area contributed by atoms with E-state index in [4.69, 9.17) is 0 Å². The Labute approximate surface area is 151 Å². The van der Waals surface area contributed by atoms with Crippen LogP contribution in [0.15, 0.2) is 24.3 Å². The molecule has 3 amide bonds. The Morgan fingerprint density at radius 1 is 1.24 bits per heavy atom. The van der Waals surface area contributed by atoms with Gasteiger partial charge in [0.25, 0.3) is 0 Å². The molecule has 25 heavy (non-hydrogen) atoms. The summed E-state index contributed by atoms with van der Waals surface area (Å²) in [6, 6.07) is 7.77. The molecule has 0 aliphatic carbocycles. The molecule has 0 saturated carbocycles. The molecule has 1 unspecified atom stereocenters. The van der Waals surface area contributed by atoms with E-state index in [0.717, 1.165) is 37.1 Å². The lowest BCUT2D eigenvalue weighted by Crippen LogP contribution is -2.40. The monoisotopic (exact) mass is 345 g/mol. The average Bonchev–Trinajstić information content (AvgIpc) is 2.95. The van der Waals surface area contributed by atoms with E-state index in [1.807, 2.05) is 29.2 Å². The molecule has 0 aromatic heterocycles. The Bertz CT molecular complexity index is 620. The van der Waals surface area contributed by atoms with Crippen molar-refractivity contribution in [3.63, 3.8) is 0 Å². The van der Waals surface area contributed by atoms with Crippen LogP contribution in [0.1, 0.15) is 45.6 Å². The number of rotatable bonds is 4. The third-order valence-electron chi connectivity index (χ3n) is 4.59. The van der Waals surface area contributed by atoms with E-state index in [-0.39, 0.29) is 29.8 Å². The minimum absolute atomic E-state index is 0.0217. The molecule has 1 heterocycles. The van der Waals surface area contributed by atoms with Crippen molar-refractivity contribution < 1.29 is 9.59 Å². The Hall–Kier alpha value is -2.04. The molecule has 0 spiro atoms. The van der Waals surface area contributed by atoms with Crippen molar-refractivity contribution in [3.8, 4) is 0 Å². The summed E-state index contributed by atoms with van der Waals surface area (Å²) in [7, 11) is 3.48. The van der Waals surface area contributed by atoms with Crippen LogP contribution in [0, 0.1) is 5.41 Å². The van der Waals surface area contributed by atoms with E-state index in [0.29, 0.717) is 0 Å². The number of urea groups is 1. The predicted octanol–water partition coefficient (Wildman–Crippen LogP) is 3.75. The van der Waals surface area contributed by atoms with E-state index < -0.39 is 0 Å². The summed E-state index contributed by atoms with van der Waals surface area (Å²) in [6.45, 7) is 7.43. The van der Waals surface area contributed by atoms with E-state index in [2.05, 4.69) is 26.1 Å². The van der Waals surface area contributed by atoms with Crippen molar-refractivity contribution in [2.24, 2.45) is 5.41 Å². The van der Waals surface area contributed by atoms with Gasteiger partial charge in [-0.3, -0.25) is 4.79 Å². The molecule has 1 aromatic carbocycles. The zero-order chi connectivity index (χ0) is 18.6. The highest BCUT2D eigenvalue weighted by molar-refractivity contribution is 5.91. The van der Waals surface area contributed by atoms with Crippen molar-refractivity contribution in [1.29, 1.82) is 0 Å². The fourth-order valence-electron chi connectivity index (χ4n) is 3.33. The van der Waals surface area contributed by atoms with Crippen LogP contribution < -0.4 is 5.32 Å². The van der Waals surface area contributed by atoms with E-state index in [9.17, 15) is 9.59 Å². The van der Waals surface area contributed by atoms with Gasteiger partial charge in [0, 0.05) is 32.4 Å². The zero-order valence-electron chi connectivity index (χ0n) is 16.1. The van der Waals surface area contributed by atoms with Crippen LogP contribution in [0.2, 0.25) is 0 Å². The van der Waals surface area contributed by atoms with Gasteiger partial charge in [0.15, 0.2) is 0 Å². The van der Waals surface area contributed by atoms with E-state index >= 15 is 0 Å². The minimum Gasteiger partial charge on any atom is -0.349 e. The van der Waals surface area contributed by atoms with Gasteiger partial charge in [-0.1, -0.05) is 39.0 Å². The molecule has 138 valence electrons. The summed E-state index contributed by atoms with van der Waals surface area (Å²) >= 11 is 0. The third-order valence-corrected chi connectivity index (χ3v) is 4.59. The van der Waals surface area contributed by atoms with Gasteiger partial charge in [-0.2, -0.15) is 0 Å². The van der Waals surface area contributed by atoms with Crippen LogP contribution in [0.5, 0.6) is 0 Å². The normalized spacial score (nSPS) is 17.5. The Balaban J connectivity index is 2.09. The van der Waals surface area contributed by atoms with Gasteiger partial charge < -0.3 is 15.1 Å². The van der Waals surface area contributed by atoms with Gasteiger partial charge in [0.05, 0.1) is 6.42 Å². The van der Waals surface area contributed by atoms with Crippen molar-refractivity contribution in [1.82, 2.24) is 9.80 Å². The summed E-state index contributed by atoms with van der Waals surface area (Å²) in [5, 5.41) is 3.03. The Morgan fingerprint density at radius 3 is 2.56 bits per heavy atom. The largest absolute Gasteiger partial charge is 0.349 e. The van der Waals surface area contributed by atoms with Gasteiger partial charge in [0.2, 0.25) is 5.91 Å². The lowest BCUT2D eigenvalue weighted by molar-refractivity contribution is -0.127. The molecule has 1 fully saturated rings. The molecule has 1 aliphatic heterocycles. The van der Waals surface area contributed by atoms with Crippen LogP contribution >= 0.6 is 0 Å². The van der Waals surface area contributed by atoms with Gasteiger partial charge in [-0.05, 0) is 36.3 Å². The minimum atomic E-state index is -0.0588. The predicted molar refractivity (Wildman–Crippen MR) is 102 cm³/mol. The number of nitrogens with zero attached hydrogens (tertiary/aromatic N) is 2. The molecule has 1 saturated heterocycles. The fraction of sp³-hybridized carbons (Fsp3) is 0.600. The number of carbonyl (C=O) groups excluding carboxylic acids is 2. The second-order valence-corrected chi connectivity index (χ2v) is 8.31. The maximum absolute atomic E-state index is 12.8. The molecule has 1 N–H and O–H groups in total. The molecule has 0 radical (unpaired) electrons. The summed E-state index contributed by atoms with van der Waals surface area (Å²) in [4.78, 5) is 28.3. The van der Waals surface area contributed by atoms with Crippen molar-refractivity contribution >= 4 is 17.6 Å². The van der Waals surface area contributed by atoms with Crippen molar-refractivity contribution in [3.05, 3.63) is 29.8 Å². The van der Waals surface area contributed by atoms with Gasteiger partial charge in [0.1, 0.15) is 0 Å². The van der Waals surface area contributed by atoms with Crippen LogP contribution in [0.3, 0.4) is 0 Å². The van der Waals surface area contributed by atoms with Crippen LogP contribution in [0.25, 0.3) is 0 Å². The summed E-state index contributed by atoms with van der Waals surface area (Å²) < 4.78 is 0. The Kier molecular flexibility index (Phi) is 6.09. The number of amides is 3. The van der Waals surface area contributed by atoms with Crippen LogP contribution in [-0.4, -0.2) is 48.4 Å². The number of benzene rings is 1. The van der Waals surface area contributed by atoms with Crippen molar-refractivity contribution in [2.75, 3.05) is 26.0 Å². The lowest BCUT2D eigenvalue weighted by atomic mass is 9.87. The van der Waals surface area contributed by atoms with Gasteiger partial charge in [-0.15, -0.1) is 0 Å². The first-order chi connectivity index (χ1) is 11.7. The number of nitrogens with one attached hydrogen (secondary N) is 1. The second kappa shape index (κ2) is 7.89. The highest BCUT2D eigenvalue weighted by Crippen LogP contribution is 2.30. The Morgan fingerprint density at radius 2 is 1.92 bits per heavy atom. The summed E-state index contributed by atoms with van der Waals surface area (Å²) in [5.74, 6) is 0.0217. The molecular weight excluding hydrogens is 314 g/mol. The molecule has 1 atom stereocenters. The summed E-state index contributed by atoms with van der Waals surface area (Å²) in [6.07, 6.45) is 3.40. The van der Waals surface area contributed by atoms with Gasteiger partial charge >= 0.3 is 6.03 Å². The standard InChI is InChI=1S/C20H31N3O2/c1-20(2,3)14-16-10-8-12-23(16)19(25)21-17-11-7-6-9-15(17)13-18(24)22(4)5/h6-7,9,11,16H,8,10,12-14H2,1-5H3,(H,21,25). The lowest BCUT2D eigenvalue weighted by Gasteiger charge is -2.30. The average molecular weight is 345 g/mol. The molecule has 5 nitrogen and oxygen atoms in total. The number of likely N-dealkylation sites (N-methyl/N-ethyl adjacent to an activating group) is 1. The number of para-hydroxylation sites is 1. The number of carbonyl (C=O) groups is 2. The maximum atomic E-state index is 12.8. The van der Waals surface area contributed by atoms with Crippen LogP contribution in [-0.2, 0) is 11.2 Å². The smallest absolute Gasteiger partial charge is 0.322 e. The number of likely N-dealkylation sites (tertiary alicyclic amines) is 1. The number of anilines is 1. The first-order valence-corrected chi connectivity index (χ1v) is 9.03. The molecule has 1 aliphatic rings. The number of hydrogen-bond acceptors (Lipinski definition) is 2. The molecule has 0 bridgehead atoms. The van der Waals surface area contributed by atoms with Gasteiger partial charge in [-0.25, -0.2) is 4.79 Å². The quantitative estimate of drug-likeness (QED) is 0.903. The molecular formula is C20H31N3O2. The second-order valence-electron chi connectivity index (χ2n) is 8.31. The fourth-order valence-corrected chi connectivity index (χ4v) is 3.33. The highest BCUT2D eigenvalue weighted by atomic mass is 16.2. The molecule has 5 heteroatoms. The molecule has 2 rings (SSSR count). The van der Waals surface area contributed by atoms with Crippen LogP contribution in [0.4, 0.5) is 10.5 Å². The first kappa shape index (κ1) is 19.3. The first-order valence-electron chi connectivity index (χ1n) is 9.03. The molecule has 1 aromatic rings. The van der Waals surface area contributed by atoms with E-state index in [1.54, 1.807) is 19.0 Å². The third kappa shape index (κ3) is 5.48. The maximum Gasteiger partial charge on any atom is 0.322 e. The topological polar surface area (TPSA) is 52.7 Å². The van der Waals surface area contributed by atoms with Crippen molar-refractivity contribution in [2.45, 2.75) is 52.5 Å².